The van der Waals surface area contributed by atoms with Crippen molar-refractivity contribution in [1.82, 2.24) is 0 Å². The van der Waals surface area contributed by atoms with E-state index in [2.05, 4.69) is 36.0 Å². The van der Waals surface area contributed by atoms with Gasteiger partial charge < -0.3 is 0 Å². The maximum Gasteiger partial charge on any atom is 0.207 e. The number of aryl methyl sites for hydroxylation is 1. The van der Waals surface area contributed by atoms with Crippen molar-refractivity contribution in [3.05, 3.63) is 30.1 Å². The second kappa shape index (κ2) is 4.93. The van der Waals surface area contributed by atoms with Crippen LogP contribution >= 0.6 is 0 Å². The third-order valence-electron chi connectivity index (χ3n) is 6.32. The summed E-state index contributed by atoms with van der Waals surface area (Å²) in [6.45, 7) is 2.75. The SMILES string of the molecule is CCc1cc[n+](CC(=O)C23CC4CC(CC(C4)C2)C3)cc1. The van der Waals surface area contributed by atoms with E-state index < -0.39 is 0 Å². The van der Waals surface area contributed by atoms with E-state index in [-0.39, 0.29) is 5.41 Å². The lowest BCUT2D eigenvalue weighted by Gasteiger charge is -2.55. The monoisotopic (exact) mass is 284 g/mol. The maximum absolute atomic E-state index is 13.0. The highest BCUT2D eigenvalue weighted by atomic mass is 16.1. The molecule has 4 fully saturated rings. The molecule has 1 aromatic heterocycles. The van der Waals surface area contributed by atoms with Gasteiger partial charge in [-0.15, -0.1) is 0 Å². The zero-order chi connectivity index (χ0) is 14.4. The third-order valence-corrected chi connectivity index (χ3v) is 6.32. The molecule has 1 heterocycles. The van der Waals surface area contributed by atoms with Gasteiger partial charge in [0.15, 0.2) is 12.4 Å². The lowest BCUT2D eigenvalue weighted by atomic mass is 9.48. The Labute approximate surface area is 127 Å². The summed E-state index contributed by atoms with van der Waals surface area (Å²) >= 11 is 0. The van der Waals surface area contributed by atoms with Crippen molar-refractivity contribution in [2.45, 2.75) is 58.4 Å². The van der Waals surface area contributed by atoms with Crippen molar-refractivity contribution < 1.29 is 9.36 Å². The van der Waals surface area contributed by atoms with Gasteiger partial charge in [-0.05, 0) is 68.3 Å². The number of hydrogen-bond acceptors (Lipinski definition) is 1. The first-order chi connectivity index (χ1) is 10.2. The minimum atomic E-state index is 0.0468. The largest absolute Gasteiger partial charge is 0.292 e. The number of rotatable bonds is 4. The fourth-order valence-electron chi connectivity index (χ4n) is 5.61. The Morgan fingerprint density at radius 1 is 1.10 bits per heavy atom. The Kier molecular flexibility index (Phi) is 3.16. The molecular weight excluding hydrogens is 258 g/mol. The summed E-state index contributed by atoms with van der Waals surface area (Å²) in [6, 6.07) is 4.29. The molecule has 4 aliphatic rings. The molecule has 4 saturated carbocycles. The Bertz CT molecular complexity index is 510. The molecular formula is C19H26NO+. The highest BCUT2D eigenvalue weighted by Crippen LogP contribution is 2.60. The van der Waals surface area contributed by atoms with Crippen molar-refractivity contribution >= 4 is 5.78 Å². The summed E-state index contributed by atoms with van der Waals surface area (Å²) in [6.07, 6.45) is 13.0. The van der Waals surface area contributed by atoms with Crippen LogP contribution in [0.2, 0.25) is 0 Å². The summed E-state index contributed by atoms with van der Waals surface area (Å²) in [5, 5.41) is 0. The zero-order valence-electron chi connectivity index (χ0n) is 13.1. The quantitative estimate of drug-likeness (QED) is 0.777. The van der Waals surface area contributed by atoms with Gasteiger partial charge in [0.25, 0.3) is 0 Å². The number of aromatic nitrogens is 1. The van der Waals surface area contributed by atoms with Gasteiger partial charge in [0.1, 0.15) is 0 Å². The van der Waals surface area contributed by atoms with Crippen molar-refractivity contribution in [1.29, 1.82) is 0 Å². The van der Waals surface area contributed by atoms with Crippen LogP contribution in [-0.2, 0) is 17.8 Å². The molecule has 0 aromatic carbocycles. The number of pyridine rings is 1. The summed E-state index contributed by atoms with van der Waals surface area (Å²) in [5.41, 5.74) is 1.39. The van der Waals surface area contributed by atoms with Gasteiger partial charge in [0.2, 0.25) is 12.3 Å². The normalized spacial score (nSPS) is 36.9. The summed E-state index contributed by atoms with van der Waals surface area (Å²) < 4.78 is 2.08. The number of Topliss-reactive ketones (excluding diaryl/α,β-unsaturated/α-hetero) is 1. The molecule has 0 saturated heterocycles. The van der Waals surface area contributed by atoms with E-state index in [1.165, 1.54) is 44.1 Å². The third kappa shape index (κ3) is 2.33. The lowest BCUT2D eigenvalue weighted by molar-refractivity contribution is -0.685. The van der Waals surface area contributed by atoms with Gasteiger partial charge in [0.05, 0.1) is 0 Å². The van der Waals surface area contributed by atoms with Crippen LogP contribution in [0.5, 0.6) is 0 Å². The highest BCUT2D eigenvalue weighted by Gasteiger charge is 2.54. The van der Waals surface area contributed by atoms with E-state index in [1.54, 1.807) is 0 Å². The molecule has 0 unspecified atom stereocenters. The Morgan fingerprint density at radius 2 is 1.62 bits per heavy atom. The van der Waals surface area contributed by atoms with Crippen LogP contribution < -0.4 is 4.57 Å². The molecule has 0 amide bonds. The highest BCUT2D eigenvalue weighted by molar-refractivity contribution is 5.84. The summed E-state index contributed by atoms with van der Waals surface area (Å²) in [4.78, 5) is 13.0. The maximum atomic E-state index is 13.0. The molecule has 112 valence electrons. The molecule has 1 aromatic rings. The molecule has 5 rings (SSSR count). The molecule has 4 bridgehead atoms. The van der Waals surface area contributed by atoms with Crippen LogP contribution in [-0.4, -0.2) is 5.78 Å². The molecule has 2 nitrogen and oxygen atoms in total. The lowest BCUT2D eigenvalue weighted by Crippen LogP contribution is -2.53. The Hall–Kier alpha value is -1.18. The van der Waals surface area contributed by atoms with Crippen molar-refractivity contribution in [3.8, 4) is 0 Å². The standard InChI is InChI=1S/C19H26NO/c1-2-14-3-5-20(6-4-14)13-18(21)19-10-15-7-16(11-19)9-17(8-15)12-19/h3-6,15-17H,2,7-13H2,1H3/q+1. The van der Waals surface area contributed by atoms with Crippen molar-refractivity contribution in [2.24, 2.45) is 23.2 Å². The summed E-state index contributed by atoms with van der Waals surface area (Å²) in [7, 11) is 0. The van der Waals surface area contributed by atoms with E-state index in [4.69, 9.17) is 0 Å². The average molecular weight is 284 g/mol. The van der Waals surface area contributed by atoms with Crippen LogP contribution in [0.25, 0.3) is 0 Å². The van der Waals surface area contributed by atoms with Crippen molar-refractivity contribution in [3.63, 3.8) is 0 Å². The van der Waals surface area contributed by atoms with Gasteiger partial charge in [-0.1, -0.05) is 6.92 Å². The number of nitrogens with zero attached hydrogens (tertiary/aromatic N) is 1. The number of carbonyl (C=O) groups is 1. The number of carbonyl (C=O) groups excluding carboxylic acids is 1. The van der Waals surface area contributed by atoms with Gasteiger partial charge >= 0.3 is 0 Å². The van der Waals surface area contributed by atoms with Crippen LogP contribution in [0.3, 0.4) is 0 Å². The second-order valence-electron chi connectivity index (χ2n) is 7.85. The molecule has 21 heavy (non-hydrogen) atoms. The first-order valence-corrected chi connectivity index (χ1v) is 8.68. The molecule has 0 atom stereocenters. The van der Waals surface area contributed by atoms with E-state index in [9.17, 15) is 4.79 Å². The first-order valence-electron chi connectivity index (χ1n) is 8.68. The minimum absolute atomic E-state index is 0.0468. The van der Waals surface area contributed by atoms with E-state index in [0.717, 1.165) is 24.2 Å². The van der Waals surface area contributed by atoms with E-state index in [1.807, 2.05) is 0 Å². The summed E-state index contributed by atoms with van der Waals surface area (Å²) in [5.74, 6) is 3.07. The molecule has 4 aliphatic carbocycles. The molecule has 0 aliphatic heterocycles. The smallest absolute Gasteiger partial charge is 0.207 e. The van der Waals surface area contributed by atoms with Crippen LogP contribution in [0.4, 0.5) is 0 Å². The first kappa shape index (κ1) is 13.5. The van der Waals surface area contributed by atoms with Crippen LogP contribution in [0.1, 0.15) is 51.0 Å². The number of hydrogen-bond donors (Lipinski definition) is 0. The predicted octanol–water partition coefficient (Wildman–Crippen LogP) is 3.32. The van der Waals surface area contributed by atoms with Gasteiger partial charge in [-0.3, -0.25) is 4.79 Å². The van der Waals surface area contributed by atoms with Crippen molar-refractivity contribution in [2.75, 3.05) is 0 Å². The Balaban J connectivity index is 1.51. The Morgan fingerprint density at radius 3 is 2.10 bits per heavy atom. The van der Waals surface area contributed by atoms with E-state index in [0.29, 0.717) is 12.3 Å². The van der Waals surface area contributed by atoms with Gasteiger partial charge in [-0.2, -0.15) is 4.57 Å². The van der Waals surface area contributed by atoms with Gasteiger partial charge in [-0.25, -0.2) is 0 Å². The second-order valence-corrected chi connectivity index (χ2v) is 7.85. The molecule has 0 N–H and O–H groups in total. The molecule has 2 heteroatoms. The van der Waals surface area contributed by atoms with Gasteiger partial charge in [0, 0.05) is 17.5 Å². The van der Waals surface area contributed by atoms with Crippen LogP contribution in [0, 0.1) is 23.2 Å². The minimum Gasteiger partial charge on any atom is -0.292 e. The molecule has 0 radical (unpaired) electrons. The van der Waals surface area contributed by atoms with Crippen LogP contribution in [0.15, 0.2) is 24.5 Å². The topological polar surface area (TPSA) is 20.9 Å². The fraction of sp³-hybridized carbons (Fsp3) is 0.684. The average Bonchev–Trinajstić information content (AvgIpc) is 2.46. The fourth-order valence-corrected chi connectivity index (χ4v) is 5.61. The van der Waals surface area contributed by atoms with E-state index >= 15 is 0 Å². The number of ketones is 1. The predicted molar refractivity (Wildman–Crippen MR) is 81.6 cm³/mol. The zero-order valence-corrected chi connectivity index (χ0v) is 13.1. The molecule has 0 spiro atoms.